The predicted molar refractivity (Wildman–Crippen MR) is 135 cm³/mol. The Morgan fingerprint density at radius 3 is 2.33 bits per heavy atom. The van der Waals surface area contributed by atoms with Gasteiger partial charge in [0.1, 0.15) is 10.7 Å². The standard InChI is InChI=1S/C27H19ClN2O2S/c1-32-21-13-9-17(10-14-21)22-15-23(18-5-3-2-4-6-18)29-24-16-30(27(33)25(22)24)26(31)19-7-11-20(28)12-8-19/h2-15H,16H2,1H3. The van der Waals surface area contributed by atoms with Gasteiger partial charge < -0.3 is 4.74 Å². The molecule has 0 radical (unpaired) electrons. The Hall–Kier alpha value is -3.54. The number of rotatable bonds is 4. The average Bonchev–Trinajstić information content (AvgIpc) is 3.20. The highest BCUT2D eigenvalue weighted by Crippen LogP contribution is 2.36. The minimum absolute atomic E-state index is 0.170. The maximum atomic E-state index is 13.3. The Morgan fingerprint density at radius 1 is 0.970 bits per heavy atom. The topological polar surface area (TPSA) is 42.4 Å². The first kappa shape index (κ1) is 21.3. The molecule has 0 N–H and O–H groups in total. The molecule has 0 fully saturated rings. The molecule has 4 aromatic rings. The van der Waals surface area contributed by atoms with Gasteiger partial charge in [0.2, 0.25) is 0 Å². The second kappa shape index (κ2) is 8.77. The van der Waals surface area contributed by atoms with Crippen LogP contribution in [0.2, 0.25) is 5.02 Å². The summed E-state index contributed by atoms with van der Waals surface area (Å²) < 4.78 is 5.32. The van der Waals surface area contributed by atoms with Gasteiger partial charge in [-0.3, -0.25) is 14.7 Å². The molecule has 1 aliphatic rings. The van der Waals surface area contributed by atoms with E-state index < -0.39 is 0 Å². The van der Waals surface area contributed by atoms with Gasteiger partial charge in [0.05, 0.1) is 25.0 Å². The number of ether oxygens (including phenoxy) is 1. The number of benzene rings is 3. The molecule has 0 saturated carbocycles. The molecule has 0 saturated heterocycles. The number of hydrogen-bond acceptors (Lipinski definition) is 4. The summed E-state index contributed by atoms with van der Waals surface area (Å²) in [7, 11) is 1.64. The third-order valence-electron chi connectivity index (χ3n) is 5.67. The number of thiocarbonyl (C=S) groups is 1. The van der Waals surface area contributed by atoms with Crippen molar-refractivity contribution in [2.45, 2.75) is 6.54 Å². The highest BCUT2D eigenvalue weighted by Gasteiger charge is 2.33. The molecular weight excluding hydrogens is 452 g/mol. The molecule has 0 bridgehead atoms. The van der Waals surface area contributed by atoms with E-state index in [1.165, 1.54) is 0 Å². The van der Waals surface area contributed by atoms with Crippen LogP contribution in [0.4, 0.5) is 0 Å². The monoisotopic (exact) mass is 470 g/mol. The lowest BCUT2D eigenvalue weighted by Crippen LogP contribution is -2.30. The van der Waals surface area contributed by atoms with Gasteiger partial charge in [0.25, 0.3) is 5.91 Å². The average molecular weight is 471 g/mol. The first-order valence-corrected chi connectivity index (χ1v) is 11.2. The minimum atomic E-state index is -0.170. The summed E-state index contributed by atoms with van der Waals surface area (Å²) in [6.07, 6.45) is 0. The molecule has 162 valence electrons. The van der Waals surface area contributed by atoms with Gasteiger partial charge >= 0.3 is 0 Å². The van der Waals surface area contributed by atoms with E-state index in [0.29, 0.717) is 22.1 Å². The predicted octanol–water partition coefficient (Wildman–Crippen LogP) is 6.41. The minimum Gasteiger partial charge on any atom is -0.497 e. The summed E-state index contributed by atoms with van der Waals surface area (Å²) in [6, 6.07) is 26.7. The van der Waals surface area contributed by atoms with Gasteiger partial charge in [-0.2, -0.15) is 0 Å². The zero-order chi connectivity index (χ0) is 22.9. The number of carbonyl (C=O) groups excluding carboxylic acids is 1. The maximum absolute atomic E-state index is 13.3. The normalized spacial score (nSPS) is 12.5. The highest BCUT2D eigenvalue weighted by molar-refractivity contribution is 7.80. The number of hydrogen-bond donors (Lipinski definition) is 0. The molecule has 0 spiro atoms. The van der Waals surface area contributed by atoms with Crippen LogP contribution in [-0.4, -0.2) is 27.9 Å². The summed E-state index contributed by atoms with van der Waals surface area (Å²) in [5, 5.41) is 0.579. The third-order valence-corrected chi connectivity index (χ3v) is 6.34. The van der Waals surface area contributed by atoms with Crippen LogP contribution < -0.4 is 4.74 Å². The Labute approximate surface area is 202 Å². The van der Waals surface area contributed by atoms with Crippen LogP contribution in [0.5, 0.6) is 5.75 Å². The van der Waals surface area contributed by atoms with E-state index in [1.54, 1.807) is 36.3 Å². The molecular formula is C27H19ClN2O2S. The lowest BCUT2D eigenvalue weighted by atomic mass is 9.97. The number of aromatic nitrogens is 1. The highest BCUT2D eigenvalue weighted by atomic mass is 35.5. The smallest absolute Gasteiger partial charge is 0.259 e. The summed E-state index contributed by atoms with van der Waals surface area (Å²) >= 11 is 11.8. The number of pyridine rings is 1. The number of nitrogens with zero attached hydrogens (tertiary/aromatic N) is 2. The molecule has 0 atom stereocenters. The van der Waals surface area contributed by atoms with E-state index in [-0.39, 0.29) is 5.91 Å². The molecule has 1 aliphatic heterocycles. The summed E-state index contributed by atoms with van der Waals surface area (Å²) in [5.74, 6) is 0.603. The Bertz CT molecular complexity index is 1350. The largest absolute Gasteiger partial charge is 0.497 e. The zero-order valence-electron chi connectivity index (χ0n) is 17.8. The van der Waals surface area contributed by atoms with Crippen LogP contribution >= 0.6 is 23.8 Å². The number of carbonyl (C=O) groups is 1. The maximum Gasteiger partial charge on any atom is 0.259 e. The first-order chi connectivity index (χ1) is 16.0. The van der Waals surface area contributed by atoms with E-state index in [1.807, 2.05) is 60.7 Å². The molecule has 1 amide bonds. The Morgan fingerprint density at radius 2 is 1.67 bits per heavy atom. The summed E-state index contributed by atoms with van der Waals surface area (Å²) in [4.78, 5) is 20.3. The van der Waals surface area contributed by atoms with Crippen molar-refractivity contribution in [1.29, 1.82) is 0 Å². The van der Waals surface area contributed by atoms with Crippen molar-refractivity contribution >= 4 is 34.7 Å². The van der Waals surface area contributed by atoms with Crippen molar-refractivity contribution in [3.63, 3.8) is 0 Å². The van der Waals surface area contributed by atoms with Crippen LogP contribution in [0.3, 0.4) is 0 Å². The van der Waals surface area contributed by atoms with Crippen LogP contribution in [0.25, 0.3) is 22.4 Å². The van der Waals surface area contributed by atoms with Crippen molar-refractivity contribution < 1.29 is 9.53 Å². The van der Waals surface area contributed by atoms with Crippen molar-refractivity contribution in [3.8, 4) is 28.1 Å². The second-order valence-corrected chi connectivity index (χ2v) is 8.50. The quantitative estimate of drug-likeness (QED) is 0.323. The SMILES string of the molecule is COc1ccc(-c2cc(-c3ccccc3)nc3c2C(=S)N(C(=O)c2ccc(Cl)cc2)C3)cc1. The zero-order valence-corrected chi connectivity index (χ0v) is 19.4. The molecule has 0 aliphatic carbocycles. The number of fused-ring (bicyclic) bond motifs is 1. The molecule has 3 aromatic carbocycles. The summed E-state index contributed by atoms with van der Waals surface area (Å²) in [6.45, 7) is 0.319. The second-order valence-electron chi connectivity index (χ2n) is 7.67. The van der Waals surface area contributed by atoms with Crippen LogP contribution in [0.15, 0.2) is 84.9 Å². The number of amides is 1. The molecule has 0 unspecified atom stereocenters. The van der Waals surface area contributed by atoms with Gasteiger partial charge in [-0.1, -0.05) is 66.3 Å². The Kier molecular flexibility index (Phi) is 5.67. The lowest BCUT2D eigenvalue weighted by molar-refractivity contribution is 0.0848. The van der Waals surface area contributed by atoms with Crippen molar-refractivity contribution in [1.82, 2.24) is 9.88 Å². The van der Waals surface area contributed by atoms with E-state index in [0.717, 1.165) is 39.4 Å². The molecule has 1 aromatic heterocycles. The Balaban J connectivity index is 1.62. The van der Waals surface area contributed by atoms with Gasteiger partial charge in [-0.25, -0.2) is 0 Å². The van der Waals surface area contributed by atoms with Gasteiger partial charge in [0.15, 0.2) is 0 Å². The fraction of sp³-hybridized carbons (Fsp3) is 0.0741. The molecule has 2 heterocycles. The lowest BCUT2D eigenvalue weighted by Gasteiger charge is -2.16. The molecule has 6 heteroatoms. The van der Waals surface area contributed by atoms with Crippen molar-refractivity contribution in [2.24, 2.45) is 0 Å². The van der Waals surface area contributed by atoms with E-state index in [2.05, 4.69) is 0 Å². The van der Waals surface area contributed by atoms with Crippen molar-refractivity contribution in [2.75, 3.05) is 7.11 Å². The van der Waals surface area contributed by atoms with Gasteiger partial charge in [-0.15, -0.1) is 0 Å². The van der Waals surface area contributed by atoms with E-state index >= 15 is 0 Å². The first-order valence-electron chi connectivity index (χ1n) is 10.4. The van der Waals surface area contributed by atoms with Crippen LogP contribution in [-0.2, 0) is 6.54 Å². The number of methoxy groups -OCH3 is 1. The fourth-order valence-corrected chi connectivity index (χ4v) is 4.48. The molecule has 4 nitrogen and oxygen atoms in total. The van der Waals surface area contributed by atoms with Gasteiger partial charge in [0, 0.05) is 21.7 Å². The van der Waals surface area contributed by atoms with E-state index in [4.69, 9.17) is 33.5 Å². The van der Waals surface area contributed by atoms with Crippen LogP contribution in [0.1, 0.15) is 21.6 Å². The fourth-order valence-electron chi connectivity index (χ4n) is 3.97. The summed E-state index contributed by atoms with van der Waals surface area (Å²) in [5.41, 5.74) is 5.90. The van der Waals surface area contributed by atoms with Crippen molar-refractivity contribution in [3.05, 3.63) is 107 Å². The van der Waals surface area contributed by atoms with Gasteiger partial charge in [-0.05, 0) is 53.6 Å². The molecule has 33 heavy (non-hydrogen) atoms. The van der Waals surface area contributed by atoms with E-state index in [9.17, 15) is 4.79 Å². The number of halogens is 1. The van der Waals surface area contributed by atoms with Crippen LogP contribution in [0, 0.1) is 0 Å². The molecule has 5 rings (SSSR count). The third kappa shape index (κ3) is 4.01.